The zero-order valence-corrected chi connectivity index (χ0v) is 23.7. The third kappa shape index (κ3) is 4.13. The van der Waals surface area contributed by atoms with Gasteiger partial charge in [-0.05, 0) is 67.6 Å². The van der Waals surface area contributed by atoms with Crippen molar-refractivity contribution in [3.05, 3.63) is 69.1 Å². The summed E-state index contributed by atoms with van der Waals surface area (Å²) in [5.74, 6) is -1.37. The summed E-state index contributed by atoms with van der Waals surface area (Å²) in [5, 5.41) is 2.42. The number of rotatable bonds is 6. The van der Waals surface area contributed by atoms with E-state index in [1.807, 2.05) is 0 Å². The van der Waals surface area contributed by atoms with Crippen LogP contribution in [0.15, 0.2) is 42.5 Å². The number of nitrogens with zero attached hydrogens (tertiary/aromatic N) is 2. The van der Waals surface area contributed by atoms with Gasteiger partial charge in [-0.3, -0.25) is 14.4 Å². The Morgan fingerprint density at radius 2 is 1.75 bits per heavy atom. The number of benzene rings is 2. The maximum Gasteiger partial charge on any atom is 0.341 e. The summed E-state index contributed by atoms with van der Waals surface area (Å²) >= 11 is 7.45. The molecule has 0 N–H and O–H groups in total. The maximum absolute atomic E-state index is 14.3. The Bertz CT molecular complexity index is 1500. The van der Waals surface area contributed by atoms with Crippen LogP contribution in [0.2, 0.25) is 5.02 Å². The Hall–Kier alpha value is -3.60. The first kappa shape index (κ1) is 26.6. The van der Waals surface area contributed by atoms with E-state index in [2.05, 4.69) is 0 Å². The number of amides is 2. The fourth-order valence-electron chi connectivity index (χ4n) is 5.83. The van der Waals surface area contributed by atoms with E-state index < -0.39 is 35.8 Å². The number of methoxy groups -OCH3 is 3. The second-order valence-corrected chi connectivity index (χ2v) is 11.3. The standard InChI is InChI=1S/C29H27ClN2O7S/c1-36-17-12-13-18(20(14-17)37-2)24-23-25(39-32(24)16-10-8-15(30)9-11-16)27(34)31(26(23)33)28-22(29(35)38-3)19-6-4-5-7-21(19)40-28/h8-14,23-25H,4-7H2,1-3H3/t23-,24+,25+/m0/s1. The molecule has 2 saturated heterocycles. The van der Waals surface area contributed by atoms with Crippen molar-refractivity contribution < 1.29 is 33.4 Å². The highest BCUT2D eigenvalue weighted by molar-refractivity contribution is 7.17. The molecule has 1 aromatic heterocycles. The summed E-state index contributed by atoms with van der Waals surface area (Å²) < 4.78 is 16.2. The van der Waals surface area contributed by atoms with Gasteiger partial charge < -0.3 is 14.2 Å². The first-order chi connectivity index (χ1) is 19.4. The average molecular weight is 583 g/mol. The van der Waals surface area contributed by atoms with E-state index in [9.17, 15) is 14.4 Å². The number of esters is 1. The van der Waals surface area contributed by atoms with Gasteiger partial charge in [-0.2, -0.15) is 0 Å². The number of halogens is 1. The van der Waals surface area contributed by atoms with Gasteiger partial charge in [0.2, 0.25) is 5.91 Å². The van der Waals surface area contributed by atoms with E-state index in [-0.39, 0.29) is 0 Å². The van der Waals surface area contributed by atoms with Crippen molar-refractivity contribution in [3.63, 3.8) is 0 Å². The molecule has 3 aliphatic rings. The smallest absolute Gasteiger partial charge is 0.341 e. The Morgan fingerprint density at radius 1 is 1.00 bits per heavy atom. The molecule has 0 spiro atoms. The summed E-state index contributed by atoms with van der Waals surface area (Å²) in [6, 6.07) is 11.5. The van der Waals surface area contributed by atoms with Crippen LogP contribution >= 0.6 is 22.9 Å². The van der Waals surface area contributed by atoms with Crippen LogP contribution in [0.4, 0.5) is 10.7 Å². The molecule has 2 aliphatic heterocycles. The first-order valence-electron chi connectivity index (χ1n) is 12.9. The Labute approximate surface area is 240 Å². The number of hydrogen-bond donors (Lipinski definition) is 0. The second-order valence-electron chi connectivity index (χ2n) is 9.80. The van der Waals surface area contributed by atoms with E-state index in [4.69, 9.17) is 30.6 Å². The van der Waals surface area contributed by atoms with Crippen molar-refractivity contribution in [2.45, 2.75) is 37.8 Å². The number of aryl methyl sites for hydroxylation is 1. The lowest BCUT2D eigenvalue weighted by molar-refractivity contribution is -0.126. The minimum atomic E-state index is -1.11. The third-order valence-corrected chi connectivity index (χ3v) is 9.23. The number of carbonyl (C=O) groups excluding carboxylic acids is 3. The van der Waals surface area contributed by atoms with Gasteiger partial charge in [-0.1, -0.05) is 11.6 Å². The molecule has 2 amide bonds. The minimum Gasteiger partial charge on any atom is -0.497 e. The van der Waals surface area contributed by atoms with Gasteiger partial charge in [-0.15, -0.1) is 11.3 Å². The largest absolute Gasteiger partial charge is 0.497 e. The lowest BCUT2D eigenvalue weighted by Gasteiger charge is -2.29. The second kappa shape index (κ2) is 10.4. The van der Waals surface area contributed by atoms with Crippen LogP contribution < -0.4 is 19.4 Å². The number of hydrogen-bond acceptors (Lipinski definition) is 9. The molecular weight excluding hydrogens is 556 g/mol. The fraction of sp³-hybridized carbons (Fsp3) is 0.345. The van der Waals surface area contributed by atoms with Gasteiger partial charge in [0.05, 0.1) is 38.6 Å². The molecule has 6 rings (SSSR count). The molecule has 2 aromatic carbocycles. The number of thiophene rings is 1. The van der Waals surface area contributed by atoms with Crippen molar-refractivity contribution in [2.24, 2.45) is 5.92 Å². The van der Waals surface area contributed by atoms with E-state index in [1.165, 1.54) is 25.6 Å². The number of carbonyl (C=O) groups is 3. The first-order valence-corrected chi connectivity index (χ1v) is 14.1. The average Bonchev–Trinajstić information content (AvgIpc) is 3.62. The van der Waals surface area contributed by atoms with Gasteiger partial charge in [0.15, 0.2) is 6.10 Å². The van der Waals surface area contributed by atoms with Crippen LogP contribution in [0, 0.1) is 5.92 Å². The van der Waals surface area contributed by atoms with Crippen molar-refractivity contribution in [3.8, 4) is 11.5 Å². The molecule has 3 atom stereocenters. The molecule has 0 bridgehead atoms. The third-order valence-electron chi connectivity index (χ3n) is 7.70. The molecule has 3 heterocycles. The topological polar surface area (TPSA) is 94.6 Å². The van der Waals surface area contributed by atoms with E-state index in [0.717, 1.165) is 34.6 Å². The zero-order chi connectivity index (χ0) is 28.1. The van der Waals surface area contributed by atoms with E-state index in [1.54, 1.807) is 54.6 Å². The summed E-state index contributed by atoms with van der Waals surface area (Å²) in [4.78, 5) is 49.6. The molecule has 0 unspecified atom stereocenters. The van der Waals surface area contributed by atoms with Crippen LogP contribution in [0.1, 0.15) is 45.2 Å². The summed E-state index contributed by atoms with van der Waals surface area (Å²) in [6.07, 6.45) is 2.30. The highest BCUT2D eigenvalue weighted by Gasteiger charge is 2.61. The lowest BCUT2D eigenvalue weighted by atomic mass is 9.90. The van der Waals surface area contributed by atoms with Gasteiger partial charge in [0.25, 0.3) is 5.91 Å². The number of imide groups is 1. The molecule has 9 nitrogen and oxygen atoms in total. The molecule has 2 fully saturated rings. The fourth-order valence-corrected chi connectivity index (χ4v) is 7.34. The zero-order valence-electron chi connectivity index (χ0n) is 22.1. The van der Waals surface area contributed by atoms with E-state index >= 15 is 0 Å². The summed E-state index contributed by atoms with van der Waals surface area (Å²) in [6.45, 7) is 0. The highest BCUT2D eigenvalue weighted by Crippen LogP contribution is 2.52. The number of ether oxygens (including phenoxy) is 3. The van der Waals surface area contributed by atoms with E-state index in [0.29, 0.717) is 44.8 Å². The predicted molar refractivity (Wildman–Crippen MR) is 149 cm³/mol. The van der Waals surface area contributed by atoms with Gasteiger partial charge >= 0.3 is 5.97 Å². The van der Waals surface area contributed by atoms with Crippen LogP contribution in [0.3, 0.4) is 0 Å². The molecule has 11 heteroatoms. The van der Waals surface area contributed by atoms with Crippen LogP contribution in [0.25, 0.3) is 0 Å². The SMILES string of the molecule is COC(=O)c1c(N2C(=O)[C@H]3[C@@H](c4ccc(OC)cc4OC)N(c4ccc(Cl)cc4)O[C@H]3C2=O)sc2c1CCCC2. The van der Waals surface area contributed by atoms with Gasteiger partial charge in [-0.25, -0.2) is 14.8 Å². The quantitative estimate of drug-likeness (QED) is 0.291. The Kier molecular flexibility index (Phi) is 6.93. The summed E-state index contributed by atoms with van der Waals surface area (Å²) in [7, 11) is 4.39. The molecule has 0 saturated carbocycles. The minimum absolute atomic E-state index is 0.303. The number of hydroxylamine groups is 1. The van der Waals surface area contributed by atoms with Gasteiger partial charge in [0, 0.05) is 21.5 Å². The van der Waals surface area contributed by atoms with Gasteiger partial charge in [0.1, 0.15) is 22.4 Å². The maximum atomic E-state index is 14.3. The highest BCUT2D eigenvalue weighted by atomic mass is 35.5. The molecule has 208 valence electrons. The molecular formula is C29H27ClN2O7S. The summed E-state index contributed by atoms with van der Waals surface area (Å²) in [5.41, 5.74) is 2.44. The van der Waals surface area contributed by atoms with Crippen LogP contribution in [-0.4, -0.2) is 45.2 Å². The Morgan fingerprint density at radius 3 is 2.45 bits per heavy atom. The number of fused-ring (bicyclic) bond motifs is 2. The normalized spacial score (nSPS) is 21.9. The predicted octanol–water partition coefficient (Wildman–Crippen LogP) is 5.14. The van der Waals surface area contributed by atoms with Crippen LogP contribution in [0.5, 0.6) is 11.5 Å². The number of anilines is 2. The molecule has 3 aromatic rings. The molecule has 0 radical (unpaired) electrons. The van der Waals surface area contributed by atoms with Crippen molar-refractivity contribution in [2.75, 3.05) is 31.3 Å². The monoisotopic (exact) mass is 582 g/mol. The van der Waals surface area contributed by atoms with Crippen molar-refractivity contribution >= 4 is 51.4 Å². The lowest BCUT2D eigenvalue weighted by Crippen LogP contribution is -2.37. The van der Waals surface area contributed by atoms with Crippen LogP contribution in [-0.2, 0) is 32.0 Å². The molecule has 40 heavy (non-hydrogen) atoms. The van der Waals surface area contributed by atoms with Crippen molar-refractivity contribution in [1.82, 2.24) is 0 Å². The molecule has 1 aliphatic carbocycles. The van der Waals surface area contributed by atoms with Crippen molar-refractivity contribution in [1.29, 1.82) is 0 Å². The Balaban J connectivity index is 1.47.